The first-order valence-corrected chi connectivity index (χ1v) is 8.18. The predicted octanol–water partition coefficient (Wildman–Crippen LogP) is 3.46. The Hall–Kier alpha value is -1.30. The number of unbranched alkanes of at least 4 members (excludes halogenated alkanes) is 2. The third-order valence-electron chi connectivity index (χ3n) is 4.45. The zero-order valence-corrected chi connectivity index (χ0v) is 13.4. The van der Waals surface area contributed by atoms with Crippen LogP contribution in [0, 0.1) is 18.3 Å². The summed E-state index contributed by atoms with van der Waals surface area (Å²) in [6.45, 7) is 7.98. The number of nitrogens with one attached hydrogen (secondary N) is 1. The largest absolute Gasteiger partial charge is 0.307 e. The smallest absolute Gasteiger partial charge is 0.0449 e. The summed E-state index contributed by atoms with van der Waals surface area (Å²) in [5, 5.41) is 3.72. The molecule has 2 unspecified atom stereocenters. The van der Waals surface area contributed by atoms with Crippen molar-refractivity contribution in [2.75, 3.05) is 19.6 Å². The maximum absolute atomic E-state index is 5.35. The Labute approximate surface area is 129 Å². The lowest BCUT2D eigenvalue weighted by molar-refractivity contribution is 0.0966. The Kier molecular flexibility index (Phi) is 6.29. The van der Waals surface area contributed by atoms with Crippen LogP contribution in [0.1, 0.15) is 44.7 Å². The second-order valence-electron chi connectivity index (χ2n) is 6.34. The number of benzene rings is 1. The fourth-order valence-electron chi connectivity index (χ4n) is 3.19. The number of nitrogens with zero attached hydrogens (tertiary/aromatic N) is 1. The van der Waals surface area contributed by atoms with Gasteiger partial charge in [-0.3, -0.25) is 4.90 Å². The number of terminal acetylenes is 1. The standard InChI is InChI=1S/C19H28N2/c1-4-5-6-10-13-21-15-18(17-11-8-7-9-12-17)20-14-19(21)16(2)3/h1,7-9,11-12,16,18-20H,5-6,10,13-15H2,2-3H3. The highest BCUT2D eigenvalue weighted by atomic mass is 15.2. The van der Waals surface area contributed by atoms with Crippen molar-refractivity contribution in [2.24, 2.45) is 5.92 Å². The summed E-state index contributed by atoms with van der Waals surface area (Å²) in [7, 11) is 0. The van der Waals surface area contributed by atoms with Crippen LogP contribution in [0.15, 0.2) is 30.3 Å². The average Bonchev–Trinajstić information content (AvgIpc) is 2.52. The van der Waals surface area contributed by atoms with E-state index in [9.17, 15) is 0 Å². The van der Waals surface area contributed by atoms with Gasteiger partial charge in [0, 0.05) is 31.6 Å². The van der Waals surface area contributed by atoms with Gasteiger partial charge in [0.05, 0.1) is 0 Å². The lowest BCUT2D eigenvalue weighted by atomic mass is 9.95. The molecule has 0 spiro atoms. The second-order valence-corrected chi connectivity index (χ2v) is 6.34. The van der Waals surface area contributed by atoms with Gasteiger partial charge < -0.3 is 5.32 Å². The first kappa shape index (κ1) is 16.1. The van der Waals surface area contributed by atoms with E-state index in [1.165, 1.54) is 12.0 Å². The molecule has 1 aromatic carbocycles. The molecule has 21 heavy (non-hydrogen) atoms. The molecule has 0 amide bonds. The molecule has 2 nitrogen and oxygen atoms in total. The molecule has 1 N–H and O–H groups in total. The van der Waals surface area contributed by atoms with E-state index in [-0.39, 0.29) is 0 Å². The zero-order valence-electron chi connectivity index (χ0n) is 13.4. The molecule has 0 aromatic heterocycles. The van der Waals surface area contributed by atoms with Crippen LogP contribution in [0.25, 0.3) is 0 Å². The van der Waals surface area contributed by atoms with Gasteiger partial charge in [0.15, 0.2) is 0 Å². The predicted molar refractivity (Wildman–Crippen MR) is 90.1 cm³/mol. The highest BCUT2D eigenvalue weighted by molar-refractivity contribution is 5.20. The van der Waals surface area contributed by atoms with Gasteiger partial charge in [-0.2, -0.15) is 0 Å². The molecule has 0 aliphatic carbocycles. The van der Waals surface area contributed by atoms with Gasteiger partial charge in [-0.1, -0.05) is 44.2 Å². The van der Waals surface area contributed by atoms with Gasteiger partial charge in [0.1, 0.15) is 0 Å². The third kappa shape index (κ3) is 4.59. The molecule has 0 bridgehead atoms. The van der Waals surface area contributed by atoms with Crippen molar-refractivity contribution < 1.29 is 0 Å². The lowest BCUT2D eigenvalue weighted by Gasteiger charge is -2.42. The van der Waals surface area contributed by atoms with E-state index in [1.54, 1.807) is 0 Å². The van der Waals surface area contributed by atoms with Crippen LogP contribution >= 0.6 is 0 Å². The van der Waals surface area contributed by atoms with E-state index in [0.29, 0.717) is 18.0 Å². The van der Waals surface area contributed by atoms with E-state index >= 15 is 0 Å². The topological polar surface area (TPSA) is 15.3 Å². The SMILES string of the molecule is C#CCCCCN1CC(c2ccccc2)NCC1C(C)C. The molecule has 1 saturated heterocycles. The third-order valence-corrected chi connectivity index (χ3v) is 4.45. The van der Waals surface area contributed by atoms with Gasteiger partial charge in [-0.05, 0) is 30.9 Å². The summed E-state index contributed by atoms with van der Waals surface area (Å²) in [5.74, 6) is 3.43. The Balaban J connectivity index is 1.96. The highest BCUT2D eigenvalue weighted by Crippen LogP contribution is 2.23. The molecule has 0 radical (unpaired) electrons. The molecule has 1 aromatic rings. The van der Waals surface area contributed by atoms with Crippen LogP contribution in [-0.2, 0) is 0 Å². The van der Waals surface area contributed by atoms with Crippen molar-refractivity contribution in [3.63, 3.8) is 0 Å². The van der Waals surface area contributed by atoms with E-state index in [1.807, 2.05) is 0 Å². The Bertz CT molecular complexity index is 446. The summed E-state index contributed by atoms with van der Waals surface area (Å²) in [6.07, 6.45) is 8.59. The van der Waals surface area contributed by atoms with Gasteiger partial charge >= 0.3 is 0 Å². The molecule has 1 aliphatic heterocycles. The molecule has 114 valence electrons. The van der Waals surface area contributed by atoms with Gasteiger partial charge in [0.25, 0.3) is 0 Å². The Morgan fingerprint density at radius 2 is 2.05 bits per heavy atom. The van der Waals surface area contributed by atoms with Crippen LogP contribution in [-0.4, -0.2) is 30.6 Å². The molecule has 2 rings (SSSR count). The average molecular weight is 284 g/mol. The van der Waals surface area contributed by atoms with Crippen molar-refractivity contribution in [2.45, 2.75) is 45.2 Å². The molecule has 1 aliphatic rings. The number of hydrogen-bond acceptors (Lipinski definition) is 2. The first-order valence-electron chi connectivity index (χ1n) is 8.18. The minimum atomic E-state index is 0.453. The maximum atomic E-state index is 5.35. The van der Waals surface area contributed by atoms with Gasteiger partial charge in [0.2, 0.25) is 0 Å². The summed E-state index contributed by atoms with van der Waals surface area (Å²) >= 11 is 0. The normalized spacial score (nSPS) is 23.1. The number of piperazine rings is 1. The maximum Gasteiger partial charge on any atom is 0.0449 e. The molecule has 0 saturated carbocycles. The summed E-state index contributed by atoms with van der Waals surface area (Å²) in [4.78, 5) is 2.66. The fraction of sp³-hybridized carbons (Fsp3) is 0.579. The summed E-state index contributed by atoms with van der Waals surface area (Å²) in [6, 6.07) is 11.9. The monoisotopic (exact) mass is 284 g/mol. The fourth-order valence-corrected chi connectivity index (χ4v) is 3.19. The molecular formula is C19H28N2. The van der Waals surface area contributed by atoms with Crippen LogP contribution in [0.5, 0.6) is 0 Å². The van der Waals surface area contributed by atoms with Crippen LogP contribution in [0.4, 0.5) is 0 Å². The minimum absolute atomic E-state index is 0.453. The second kappa shape index (κ2) is 8.22. The molecular weight excluding hydrogens is 256 g/mol. The van der Waals surface area contributed by atoms with E-state index in [2.05, 4.69) is 60.3 Å². The lowest BCUT2D eigenvalue weighted by Crippen LogP contribution is -2.54. The van der Waals surface area contributed by atoms with Crippen molar-refractivity contribution in [1.82, 2.24) is 10.2 Å². The van der Waals surface area contributed by atoms with E-state index in [0.717, 1.165) is 32.5 Å². The summed E-state index contributed by atoms with van der Waals surface area (Å²) < 4.78 is 0. The highest BCUT2D eigenvalue weighted by Gasteiger charge is 2.29. The number of rotatable bonds is 6. The van der Waals surface area contributed by atoms with Crippen molar-refractivity contribution in [3.05, 3.63) is 35.9 Å². The van der Waals surface area contributed by atoms with Crippen molar-refractivity contribution in [1.29, 1.82) is 0 Å². The quantitative estimate of drug-likeness (QED) is 0.636. The Morgan fingerprint density at radius 3 is 2.71 bits per heavy atom. The zero-order chi connectivity index (χ0) is 15.1. The van der Waals surface area contributed by atoms with Crippen LogP contribution < -0.4 is 5.32 Å². The Morgan fingerprint density at radius 1 is 1.29 bits per heavy atom. The molecule has 2 atom stereocenters. The van der Waals surface area contributed by atoms with E-state index < -0.39 is 0 Å². The molecule has 1 heterocycles. The van der Waals surface area contributed by atoms with Crippen molar-refractivity contribution >= 4 is 0 Å². The number of hydrogen-bond donors (Lipinski definition) is 1. The molecule has 2 heteroatoms. The molecule has 1 fully saturated rings. The summed E-state index contributed by atoms with van der Waals surface area (Å²) in [5.41, 5.74) is 1.40. The van der Waals surface area contributed by atoms with Crippen LogP contribution in [0.2, 0.25) is 0 Å². The van der Waals surface area contributed by atoms with Gasteiger partial charge in [-0.15, -0.1) is 12.3 Å². The van der Waals surface area contributed by atoms with E-state index in [4.69, 9.17) is 6.42 Å². The first-order chi connectivity index (χ1) is 10.2. The van der Waals surface area contributed by atoms with Crippen LogP contribution in [0.3, 0.4) is 0 Å². The van der Waals surface area contributed by atoms with Gasteiger partial charge in [-0.25, -0.2) is 0 Å². The van der Waals surface area contributed by atoms with Crippen molar-refractivity contribution in [3.8, 4) is 12.3 Å². The minimum Gasteiger partial charge on any atom is -0.307 e.